The van der Waals surface area contributed by atoms with Crippen LogP contribution in [0.25, 0.3) is 0 Å². The van der Waals surface area contributed by atoms with Gasteiger partial charge in [0.1, 0.15) is 0 Å². The number of carbonyl (C=O) groups excluding carboxylic acids is 1. The first-order valence-corrected chi connectivity index (χ1v) is 4.66. The molecule has 0 spiro atoms. The summed E-state index contributed by atoms with van der Waals surface area (Å²) in [6.07, 6.45) is 1.80. The van der Waals surface area contributed by atoms with Crippen molar-refractivity contribution in [2.75, 3.05) is 26.4 Å². The summed E-state index contributed by atoms with van der Waals surface area (Å²) in [5, 5.41) is 11.2. The van der Waals surface area contributed by atoms with Crippen LogP contribution in [-0.4, -0.2) is 37.4 Å². The van der Waals surface area contributed by atoms with E-state index in [0.29, 0.717) is 13.2 Å². The topological polar surface area (TPSA) is 58.6 Å². The van der Waals surface area contributed by atoms with E-state index in [1.807, 2.05) is 6.92 Å². The molecule has 0 aromatic heterocycles. The van der Waals surface area contributed by atoms with Gasteiger partial charge in [-0.05, 0) is 19.8 Å². The monoisotopic (exact) mass is 187 g/mol. The molecule has 4 nitrogen and oxygen atoms in total. The molecule has 1 aliphatic rings. The van der Waals surface area contributed by atoms with Gasteiger partial charge in [0.2, 0.25) is 5.91 Å². The first kappa shape index (κ1) is 10.5. The van der Waals surface area contributed by atoms with Crippen molar-refractivity contribution in [3.8, 4) is 0 Å². The Hall–Kier alpha value is -0.610. The molecule has 1 aliphatic heterocycles. The lowest BCUT2D eigenvalue weighted by molar-refractivity contribution is -0.137. The van der Waals surface area contributed by atoms with Gasteiger partial charge in [-0.2, -0.15) is 0 Å². The first-order chi connectivity index (χ1) is 6.19. The zero-order valence-electron chi connectivity index (χ0n) is 8.01. The maximum absolute atomic E-state index is 11.6. The Labute approximate surface area is 78.3 Å². The minimum atomic E-state index is -0.395. The van der Waals surface area contributed by atoms with Crippen LogP contribution in [0.5, 0.6) is 0 Å². The van der Waals surface area contributed by atoms with Gasteiger partial charge in [-0.3, -0.25) is 4.79 Å². The number of hydrogen-bond donors (Lipinski definition) is 2. The van der Waals surface area contributed by atoms with E-state index >= 15 is 0 Å². The Morgan fingerprint density at radius 2 is 2.46 bits per heavy atom. The Kier molecular flexibility index (Phi) is 3.69. The van der Waals surface area contributed by atoms with Crippen molar-refractivity contribution >= 4 is 5.91 Å². The molecule has 2 N–H and O–H groups in total. The zero-order chi connectivity index (χ0) is 9.73. The third kappa shape index (κ3) is 2.67. The number of hydrogen-bond acceptors (Lipinski definition) is 3. The molecule has 1 amide bonds. The SMILES string of the molecule is CC1(C(=O)NCCO)CCCOC1. The standard InChI is InChI=1S/C9H17NO3/c1-9(3-2-6-13-7-9)8(12)10-4-5-11/h11H,2-7H2,1H3,(H,10,12). The fourth-order valence-corrected chi connectivity index (χ4v) is 1.50. The molecule has 1 fully saturated rings. The van der Waals surface area contributed by atoms with Crippen molar-refractivity contribution in [3.63, 3.8) is 0 Å². The van der Waals surface area contributed by atoms with E-state index in [2.05, 4.69) is 5.32 Å². The molecule has 1 heterocycles. The lowest BCUT2D eigenvalue weighted by Gasteiger charge is -2.31. The van der Waals surface area contributed by atoms with E-state index in [4.69, 9.17) is 9.84 Å². The largest absolute Gasteiger partial charge is 0.395 e. The molecule has 13 heavy (non-hydrogen) atoms. The number of rotatable bonds is 3. The lowest BCUT2D eigenvalue weighted by atomic mass is 9.84. The summed E-state index contributed by atoms with van der Waals surface area (Å²) in [7, 11) is 0. The van der Waals surface area contributed by atoms with Crippen molar-refractivity contribution in [1.82, 2.24) is 5.32 Å². The van der Waals surface area contributed by atoms with Crippen LogP contribution in [0.4, 0.5) is 0 Å². The minimum absolute atomic E-state index is 0.0112. The summed E-state index contributed by atoms with van der Waals surface area (Å²) in [4.78, 5) is 11.6. The Morgan fingerprint density at radius 1 is 1.69 bits per heavy atom. The van der Waals surface area contributed by atoms with Gasteiger partial charge in [-0.25, -0.2) is 0 Å². The second-order valence-corrected chi connectivity index (χ2v) is 3.70. The van der Waals surface area contributed by atoms with Crippen LogP contribution < -0.4 is 5.32 Å². The van der Waals surface area contributed by atoms with Crippen LogP contribution in [-0.2, 0) is 9.53 Å². The summed E-state index contributed by atoms with van der Waals surface area (Å²) in [5.41, 5.74) is -0.395. The fourth-order valence-electron chi connectivity index (χ4n) is 1.50. The van der Waals surface area contributed by atoms with Gasteiger partial charge in [0.15, 0.2) is 0 Å². The number of amides is 1. The van der Waals surface area contributed by atoms with Gasteiger partial charge >= 0.3 is 0 Å². The normalized spacial score (nSPS) is 28.5. The number of aliphatic hydroxyl groups is 1. The maximum Gasteiger partial charge on any atom is 0.228 e. The molecule has 0 radical (unpaired) electrons. The molecule has 0 bridgehead atoms. The highest BCUT2D eigenvalue weighted by molar-refractivity contribution is 5.82. The Bertz CT molecular complexity index is 176. The smallest absolute Gasteiger partial charge is 0.228 e. The van der Waals surface area contributed by atoms with Gasteiger partial charge < -0.3 is 15.2 Å². The van der Waals surface area contributed by atoms with E-state index in [1.54, 1.807) is 0 Å². The van der Waals surface area contributed by atoms with Crippen LogP contribution in [0.15, 0.2) is 0 Å². The van der Waals surface area contributed by atoms with Gasteiger partial charge in [-0.15, -0.1) is 0 Å². The zero-order valence-corrected chi connectivity index (χ0v) is 8.01. The van der Waals surface area contributed by atoms with Crippen LogP contribution in [0.3, 0.4) is 0 Å². The molecule has 0 aromatic rings. The predicted molar refractivity (Wildman–Crippen MR) is 48.3 cm³/mol. The summed E-state index contributed by atoms with van der Waals surface area (Å²) < 4.78 is 5.26. The summed E-state index contributed by atoms with van der Waals surface area (Å²) in [5.74, 6) is -0.0127. The van der Waals surface area contributed by atoms with Crippen LogP contribution in [0, 0.1) is 5.41 Å². The average molecular weight is 187 g/mol. The highest BCUT2D eigenvalue weighted by atomic mass is 16.5. The molecule has 76 valence electrons. The Balaban J connectivity index is 2.42. The van der Waals surface area contributed by atoms with Crippen LogP contribution in [0.1, 0.15) is 19.8 Å². The quantitative estimate of drug-likeness (QED) is 0.649. The number of ether oxygens (including phenoxy) is 1. The second kappa shape index (κ2) is 4.58. The molecule has 0 saturated carbocycles. The third-order valence-corrected chi connectivity index (χ3v) is 2.38. The predicted octanol–water partition coefficient (Wildman–Crippen LogP) is -0.0884. The number of carbonyl (C=O) groups is 1. The molecule has 1 atom stereocenters. The van der Waals surface area contributed by atoms with Crippen molar-refractivity contribution < 1.29 is 14.6 Å². The average Bonchev–Trinajstić information content (AvgIpc) is 2.15. The fraction of sp³-hybridized carbons (Fsp3) is 0.889. The molecule has 1 rings (SSSR count). The molecule has 0 aromatic carbocycles. The van der Waals surface area contributed by atoms with Gasteiger partial charge in [0, 0.05) is 13.2 Å². The van der Waals surface area contributed by atoms with E-state index in [1.165, 1.54) is 0 Å². The van der Waals surface area contributed by atoms with Gasteiger partial charge in [0.25, 0.3) is 0 Å². The van der Waals surface area contributed by atoms with E-state index < -0.39 is 5.41 Å². The maximum atomic E-state index is 11.6. The number of aliphatic hydroxyl groups excluding tert-OH is 1. The van der Waals surface area contributed by atoms with Crippen molar-refractivity contribution in [2.24, 2.45) is 5.41 Å². The van der Waals surface area contributed by atoms with Gasteiger partial charge in [0.05, 0.1) is 18.6 Å². The first-order valence-electron chi connectivity index (χ1n) is 4.66. The van der Waals surface area contributed by atoms with Crippen molar-refractivity contribution in [1.29, 1.82) is 0 Å². The van der Waals surface area contributed by atoms with E-state index in [9.17, 15) is 4.79 Å². The summed E-state index contributed by atoms with van der Waals surface area (Å²) in [6, 6.07) is 0. The summed E-state index contributed by atoms with van der Waals surface area (Å²) in [6.45, 7) is 3.46. The molecule has 1 saturated heterocycles. The van der Waals surface area contributed by atoms with E-state index in [-0.39, 0.29) is 12.5 Å². The highest BCUT2D eigenvalue weighted by Crippen LogP contribution is 2.27. The third-order valence-electron chi connectivity index (χ3n) is 2.38. The van der Waals surface area contributed by atoms with Crippen molar-refractivity contribution in [2.45, 2.75) is 19.8 Å². The molecule has 1 unspecified atom stereocenters. The molecular formula is C9H17NO3. The number of nitrogens with one attached hydrogen (secondary N) is 1. The molecular weight excluding hydrogens is 170 g/mol. The molecule has 4 heteroatoms. The molecule has 0 aliphatic carbocycles. The minimum Gasteiger partial charge on any atom is -0.395 e. The summed E-state index contributed by atoms with van der Waals surface area (Å²) >= 11 is 0. The van der Waals surface area contributed by atoms with Gasteiger partial charge in [-0.1, -0.05) is 0 Å². The second-order valence-electron chi connectivity index (χ2n) is 3.70. The van der Waals surface area contributed by atoms with E-state index in [0.717, 1.165) is 19.4 Å². The van der Waals surface area contributed by atoms with Crippen molar-refractivity contribution in [3.05, 3.63) is 0 Å². The lowest BCUT2D eigenvalue weighted by Crippen LogP contribution is -2.45. The Morgan fingerprint density at radius 3 is 3.00 bits per heavy atom. The van der Waals surface area contributed by atoms with Crippen LogP contribution >= 0.6 is 0 Å². The van der Waals surface area contributed by atoms with Crippen LogP contribution in [0.2, 0.25) is 0 Å². The highest BCUT2D eigenvalue weighted by Gasteiger charge is 2.34.